The molecule has 18 heavy (non-hydrogen) atoms. The Morgan fingerprint density at radius 2 is 1.83 bits per heavy atom. The molecular formula is C15H26ClNS. The molecular weight excluding hydrogens is 262 g/mol. The molecule has 0 aliphatic rings. The van der Waals surface area contributed by atoms with Gasteiger partial charge in [-0.1, -0.05) is 63.5 Å². The lowest BCUT2D eigenvalue weighted by molar-refractivity contribution is 0.530. The minimum atomic E-state index is 0.275. The predicted molar refractivity (Wildman–Crippen MR) is 83.6 cm³/mol. The summed E-state index contributed by atoms with van der Waals surface area (Å²) >= 11 is 7.79. The maximum atomic E-state index is 6.14. The van der Waals surface area contributed by atoms with Crippen molar-refractivity contribution in [3.8, 4) is 0 Å². The van der Waals surface area contributed by atoms with E-state index in [2.05, 4.69) is 6.92 Å². The summed E-state index contributed by atoms with van der Waals surface area (Å²) in [4.78, 5) is 1.24. The Balaban J connectivity index is 2.00. The van der Waals surface area contributed by atoms with Crippen molar-refractivity contribution in [2.75, 3.05) is 0 Å². The van der Waals surface area contributed by atoms with Gasteiger partial charge in [-0.25, -0.2) is 0 Å². The Labute approximate surface area is 121 Å². The predicted octanol–water partition coefficient (Wildman–Crippen LogP) is 5.41. The summed E-state index contributed by atoms with van der Waals surface area (Å²) in [5, 5.41) is 2.92. The smallest absolute Gasteiger partial charge is 0.0545 e. The SMILES string of the molecule is CCCCCCCCCC(N)Cc1sccc1Cl. The summed E-state index contributed by atoms with van der Waals surface area (Å²) < 4.78 is 0. The Morgan fingerprint density at radius 3 is 2.44 bits per heavy atom. The molecule has 0 spiro atoms. The Hall–Kier alpha value is -0.0500. The van der Waals surface area contributed by atoms with Crippen molar-refractivity contribution in [1.82, 2.24) is 0 Å². The second kappa shape index (κ2) is 9.82. The zero-order chi connectivity index (χ0) is 13.2. The summed E-state index contributed by atoms with van der Waals surface area (Å²) in [6, 6.07) is 2.24. The third kappa shape index (κ3) is 6.77. The molecule has 0 bridgehead atoms. The molecule has 0 fully saturated rings. The average Bonchev–Trinajstić information content (AvgIpc) is 2.74. The summed E-state index contributed by atoms with van der Waals surface area (Å²) in [7, 11) is 0. The molecule has 1 aromatic heterocycles. The van der Waals surface area contributed by atoms with Crippen molar-refractivity contribution in [3.05, 3.63) is 21.3 Å². The molecule has 0 aliphatic carbocycles. The van der Waals surface area contributed by atoms with Gasteiger partial charge < -0.3 is 5.73 Å². The van der Waals surface area contributed by atoms with Crippen LogP contribution in [0.1, 0.15) is 63.2 Å². The lowest BCUT2D eigenvalue weighted by Crippen LogP contribution is -2.22. The lowest BCUT2D eigenvalue weighted by atomic mass is 10.0. The molecule has 1 heterocycles. The molecule has 0 saturated carbocycles. The first-order valence-corrected chi connectivity index (χ1v) is 8.47. The van der Waals surface area contributed by atoms with Gasteiger partial charge in [0.15, 0.2) is 0 Å². The third-order valence-corrected chi connectivity index (χ3v) is 4.73. The van der Waals surface area contributed by atoms with E-state index in [1.807, 2.05) is 11.4 Å². The Morgan fingerprint density at radius 1 is 1.17 bits per heavy atom. The summed E-state index contributed by atoms with van der Waals surface area (Å²) in [6.07, 6.45) is 11.5. The molecule has 1 nitrogen and oxygen atoms in total. The number of hydrogen-bond donors (Lipinski definition) is 1. The zero-order valence-corrected chi connectivity index (χ0v) is 13.0. The van der Waals surface area contributed by atoms with Crippen LogP contribution >= 0.6 is 22.9 Å². The van der Waals surface area contributed by atoms with Gasteiger partial charge in [-0.05, 0) is 24.3 Å². The van der Waals surface area contributed by atoms with Crippen LogP contribution in [0.4, 0.5) is 0 Å². The van der Waals surface area contributed by atoms with Crippen molar-refractivity contribution < 1.29 is 0 Å². The van der Waals surface area contributed by atoms with Gasteiger partial charge in [0.05, 0.1) is 5.02 Å². The van der Waals surface area contributed by atoms with Gasteiger partial charge in [0.2, 0.25) is 0 Å². The molecule has 104 valence electrons. The highest BCUT2D eigenvalue weighted by Gasteiger charge is 2.08. The van der Waals surface area contributed by atoms with E-state index in [9.17, 15) is 0 Å². The van der Waals surface area contributed by atoms with Crippen LogP contribution in [0.15, 0.2) is 11.4 Å². The van der Waals surface area contributed by atoms with Gasteiger partial charge in [-0.2, -0.15) is 0 Å². The second-order valence-corrected chi connectivity index (χ2v) is 6.47. The van der Waals surface area contributed by atoms with Crippen molar-refractivity contribution in [1.29, 1.82) is 0 Å². The molecule has 3 heteroatoms. The molecule has 2 N–H and O–H groups in total. The van der Waals surface area contributed by atoms with Gasteiger partial charge in [-0.3, -0.25) is 0 Å². The highest BCUT2D eigenvalue weighted by atomic mass is 35.5. The topological polar surface area (TPSA) is 26.0 Å². The average molecular weight is 288 g/mol. The molecule has 0 aromatic carbocycles. The molecule has 1 rings (SSSR count). The monoisotopic (exact) mass is 287 g/mol. The standard InChI is InChI=1S/C15H26ClNS/c1-2-3-4-5-6-7-8-9-13(17)12-15-14(16)10-11-18-15/h10-11,13H,2-9,12,17H2,1H3. The molecule has 0 radical (unpaired) electrons. The highest BCUT2D eigenvalue weighted by molar-refractivity contribution is 7.10. The minimum Gasteiger partial charge on any atom is -0.327 e. The molecule has 0 saturated heterocycles. The fourth-order valence-corrected chi connectivity index (χ4v) is 3.38. The van der Waals surface area contributed by atoms with Crippen LogP contribution in [-0.2, 0) is 6.42 Å². The highest BCUT2D eigenvalue weighted by Crippen LogP contribution is 2.24. The van der Waals surface area contributed by atoms with Crippen LogP contribution in [-0.4, -0.2) is 6.04 Å². The molecule has 0 aliphatic heterocycles. The van der Waals surface area contributed by atoms with E-state index < -0.39 is 0 Å². The molecule has 1 aromatic rings. The third-order valence-electron chi connectivity index (χ3n) is 3.32. The lowest BCUT2D eigenvalue weighted by Gasteiger charge is -2.10. The van der Waals surface area contributed by atoms with Gasteiger partial charge in [0.1, 0.15) is 0 Å². The van der Waals surface area contributed by atoms with Crippen molar-refractivity contribution in [3.63, 3.8) is 0 Å². The number of hydrogen-bond acceptors (Lipinski definition) is 2. The fraction of sp³-hybridized carbons (Fsp3) is 0.733. The van der Waals surface area contributed by atoms with Crippen molar-refractivity contribution in [2.45, 2.75) is 70.8 Å². The summed E-state index contributed by atoms with van der Waals surface area (Å²) in [5.74, 6) is 0. The molecule has 1 unspecified atom stereocenters. The number of rotatable bonds is 10. The van der Waals surface area contributed by atoms with Crippen LogP contribution in [0.3, 0.4) is 0 Å². The maximum Gasteiger partial charge on any atom is 0.0545 e. The van der Waals surface area contributed by atoms with E-state index in [1.54, 1.807) is 11.3 Å². The molecule has 1 atom stereocenters. The van der Waals surface area contributed by atoms with Crippen molar-refractivity contribution in [2.24, 2.45) is 5.73 Å². The molecule has 0 amide bonds. The quantitative estimate of drug-likeness (QED) is 0.572. The van der Waals surface area contributed by atoms with E-state index in [0.29, 0.717) is 0 Å². The first-order valence-electron chi connectivity index (χ1n) is 7.21. The van der Waals surface area contributed by atoms with E-state index >= 15 is 0 Å². The number of thiophene rings is 1. The van der Waals surface area contributed by atoms with Gasteiger partial charge in [0, 0.05) is 10.9 Å². The zero-order valence-electron chi connectivity index (χ0n) is 11.5. The second-order valence-electron chi connectivity index (χ2n) is 5.07. The van der Waals surface area contributed by atoms with Crippen LogP contribution in [0.25, 0.3) is 0 Å². The Bertz CT molecular complexity index is 311. The van der Waals surface area contributed by atoms with E-state index in [1.165, 1.54) is 49.8 Å². The van der Waals surface area contributed by atoms with Crippen LogP contribution < -0.4 is 5.73 Å². The normalized spacial score (nSPS) is 12.8. The van der Waals surface area contributed by atoms with E-state index in [4.69, 9.17) is 17.3 Å². The van der Waals surface area contributed by atoms with Crippen LogP contribution in [0.5, 0.6) is 0 Å². The van der Waals surface area contributed by atoms with Gasteiger partial charge in [-0.15, -0.1) is 11.3 Å². The largest absolute Gasteiger partial charge is 0.327 e. The van der Waals surface area contributed by atoms with Gasteiger partial charge >= 0.3 is 0 Å². The number of unbranched alkanes of at least 4 members (excludes halogenated alkanes) is 6. The number of nitrogens with two attached hydrogens (primary N) is 1. The summed E-state index contributed by atoms with van der Waals surface area (Å²) in [6.45, 7) is 2.26. The first-order chi connectivity index (χ1) is 8.74. The van der Waals surface area contributed by atoms with Crippen LogP contribution in [0.2, 0.25) is 5.02 Å². The number of halogens is 1. The fourth-order valence-electron chi connectivity index (χ4n) is 2.17. The van der Waals surface area contributed by atoms with Gasteiger partial charge in [0.25, 0.3) is 0 Å². The van der Waals surface area contributed by atoms with Crippen molar-refractivity contribution >= 4 is 22.9 Å². The first kappa shape index (κ1) is 16.0. The Kier molecular flexibility index (Phi) is 8.74. The maximum absolute atomic E-state index is 6.14. The van der Waals surface area contributed by atoms with Crippen LogP contribution in [0, 0.1) is 0 Å². The summed E-state index contributed by atoms with van der Waals surface area (Å²) in [5.41, 5.74) is 6.14. The minimum absolute atomic E-state index is 0.275. The van der Waals surface area contributed by atoms with E-state index in [-0.39, 0.29) is 6.04 Å². The van der Waals surface area contributed by atoms with E-state index in [0.717, 1.165) is 17.9 Å².